The Morgan fingerprint density at radius 3 is 2.67 bits per heavy atom. The van der Waals surface area contributed by atoms with Crippen molar-refractivity contribution >= 4 is 11.8 Å². The molecule has 2 rings (SSSR count). The second kappa shape index (κ2) is 6.60. The Kier molecular flexibility index (Phi) is 5.36. The molecule has 0 aromatic carbocycles. The van der Waals surface area contributed by atoms with Crippen molar-refractivity contribution < 1.29 is 9.47 Å². The second-order valence-electron chi connectivity index (χ2n) is 5.94. The molecular formula is C14H27NO2S. The van der Waals surface area contributed by atoms with Crippen molar-refractivity contribution in [2.45, 2.75) is 56.4 Å². The van der Waals surface area contributed by atoms with Crippen molar-refractivity contribution in [1.82, 2.24) is 0 Å². The first-order valence-corrected chi connectivity index (χ1v) is 8.25. The Bertz CT molecular complexity index is 249. The van der Waals surface area contributed by atoms with E-state index in [2.05, 4.69) is 13.8 Å². The summed E-state index contributed by atoms with van der Waals surface area (Å²) in [5.41, 5.74) is 6.46. The molecule has 0 bridgehead atoms. The van der Waals surface area contributed by atoms with E-state index in [4.69, 9.17) is 15.2 Å². The molecule has 2 heterocycles. The predicted octanol–water partition coefficient (Wildman–Crippen LogP) is 2.43. The average Bonchev–Trinajstić information content (AvgIpc) is 2.37. The van der Waals surface area contributed by atoms with E-state index in [1.54, 1.807) is 0 Å². The van der Waals surface area contributed by atoms with Crippen molar-refractivity contribution in [1.29, 1.82) is 0 Å². The number of ether oxygens (including phenoxy) is 2. The molecule has 2 unspecified atom stereocenters. The zero-order valence-electron chi connectivity index (χ0n) is 11.7. The van der Waals surface area contributed by atoms with Gasteiger partial charge in [-0.05, 0) is 36.9 Å². The monoisotopic (exact) mass is 273 g/mol. The standard InChI is InChI=1S/C14H27NO2S/c1-11(2)18-10-13(15)12-3-6-17-14(9-12)4-7-16-8-5-14/h11-13H,3-10,15H2,1-2H3. The van der Waals surface area contributed by atoms with Crippen molar-refractivity contribution in [2.75, 3.05) is 25.6 Å². The Morgan fingerprint density at radius 1 is 1.28 bits per heavy atom. The highest BCUT2D eigenvalue weighted by Gasteiger charge is 2.40. The molecule has 4 heteroatoms. The van der Waals surface area contributed by atoms with Gasteiger partial charge in [-0.25, -0.2) is 0 Å². The first-order chi connectivity index (χ1) is 8.61. The quantitative estimate of drug-likeness (QED) is 0.854. The molecule has 0 aromatic rings. The normalized spacial score (nSPS) is 29.7. The molecule has 1 spiro atoms. The molecule has 2 N–H and O–H groups in total. The highest BCUT2D eigenvalue weighted by atomic mass is 32.2. The summed E-state index contributed by atoms with van der Waals surface area (Å²) in [6.45, 7) is 7.05. The van der Waals surface area contributed by atoms with Crippen molar-refractivity contribution in [3.8, 4) is 0 Å². The van der Waals surface area contributed by atoms with E-state index in [9.17, 15) is 0 Å². The van der Waals surface area contributed by atoms with Gasteiger partial charge in [-0.15, -0.1) is 0 Å². The SMILES string of the molecule is CC(C)SCC(N)C1CCOC2(CCOCC2)C1. The van der Waals surface area contributed by atoms with E-state index in [1.807, 2.05) is 11.8 Å². The van der Waals surface area contributed by atoms with Gasteiger partial charge in [0.1, 0.15) is 0 Å². The Labute approximate surface area is 115 Å². The molecule has 106 valence electrons. The van der Waals surface area contributed by atoms with Crippen LogP contribution in [0.25, 0.3) is 0 Å². The summed E-state index contributed by atoms with van der Waals surface area (Å²) in [5, 5.41) is 0.674. The molecule has 0 aliphatic carbocycles. The topological polar surface area (TPSA) is 44.5 Å². The Morgan fingerprint density at radius 2 is 2.00 bits per heavy atom. The smallest absolute Gasteiger partial charge is 0.0729 e. The third-order valence-corrected chi connectivity index (χ3v) is 5.41. The summed E-state index contributed by atoms with van der Waals surface area (Å²) >= 11 is 1.98. The lowest BCUT2D eigenvalue weighted by molar-refractivity contribution is -0.148. The van der Waals surface area contributed by atoms with Gasteiger partial charge in [-0.3, -0.25) is 0 Å². The molecule has 3 nitrogen and oxygen atoms in total. The van der Waals surface area contributed by atoms with Gasteiger partial charge in [0.2, 0.25) is 0 Å². The van der Waals surface area contributed by atoms with E-state index in [1.165, 1.54) is 0 Å². The minimum Gasteiger partial charge on any atom is -0.381 e. The molecule has 2 aliphatic rings. The van der Waals surface area contributed by atoms with Crippen molar-refractivity contribution in [2.24, 2.45) is 11.7 Å². The number of thioether (sulfide) groups is 1. The van der Waals surface area contributed by atoms with Crippen molar-refractivity contribution in [3.63, 3.8) is 0 Å². The Balaban J connectivity index is 1.85. The number of hydrogen-bond donors (Lipinski definition) is 1. The van der Waals surface area contributed by atoms with Gasteiger partial charge in [-0.2, -0.15) is 11.8 Å². The third-order valence-electron chi connectivity index (χ3n) is 4.16. The summed E-state index contributed by atoms with van der Waals surface area (Å²) < 4.78 is 11.5. The van der Waals surface area contributed by atoms with Gasteiger partial charge >= 0.3 is 0 Å². The molecule has 2 saturated heterocycles. The van der Waals surface area contributed by atoms with Crippen LogP contribution in [0.2, 0.25) is 0 Å². The van der Waals surface area contributed by atoms with Crippen LogP contribution in [-0.2, 0) is 9.47 Å². The maximum atomic E-state index is 6.38. The largest absolute Gasteiger partial charge is 0.381 e. The predicted molar refractivity (Wildman–Crippen MR) is 77.0 cm³/mol. The Hall–Kier alpha value is 0.230. The van der Waals surface area contributed by atoms with E-state index in [0.29, 0.717) is 17.2 Å². The first kappa shape index (κ1) is 14.6. The molecule has 2 fully saturated rings. The van der Waals surface area contributed by atoms with Crippen LogP contribution >= 0.6 is 11.8 Å². The molecule has 18 heavy (non-hydrogen) atoms. The lowest BCUT2D eigenvalue weighted by Gasteiger charge is -2.44. The van der Waals surface area contributed by atoms with Crippen LogP contribution in [0.5, 0.6) is 0 Å². The van der Waals surface area contributed by atoms with Crippen LogP contribution in [0.3, 0.4) is 0 Å². The minimum atomic E-state index is 0.0846. The van der Waals surface area contributed by atoms with E-state index in [0.717, 1.165) is 51.3 Å². The summed E-state index contributed by atoms with van der Waals surface area (Å²) in [6, 6.07) is 0.320. The van der Waals surface area contributed by atoms with Gasteiger partial charge in [0.25, 0.3) is 0 Å². The fourth-order valence-electron chi connectivity index (χ4n) is 2.96. The van der Waals surface area contributed by atoms with Gasteiger partial charge in [0.05, 0.1) is 5.60 Å². The fraction of sp³-hybridized carbons (Fsp3) is 1.00. The van der Waals surface area contributed by atoms with E-state index < -0.39 is 0 Å². The molecule has 2 aliphatic heterocycles. The number of nitrogens with two attached hydrogens (primary N) is 1. The van der Waals surface area contributed by atoms with Gasteiger partial charge in [-0.1, -0.05) is 13.8 Å². The molecule has 0 amide bonds. The van der Waals surface area contributed by atoms with Crippen LogP contribution in [0.1, 0.15) is 39.5 Å². The summed E-state index contributed by atoms with van der Waals surface area (Å²) in [5.74, 6) is 1.71. The highest BCUT2D eigenvalue weighted by Crippen LogP contribution is 2.38. The number of hydrogen-bond acceptors (Lipinski definition) is 4. The van der Waals surface area contributed by atoms with Gasteiger partial charge in [0, 0.05) is 31.6 Å². The zero-order chi connectivity index (χ0) is 13.0. The van der Waals surface area contributed by atoms with Crippen LogP contribution < -0.4 is 5.73 Å². The van der Waals surface area contributed by atoms with Crippen LogP contribution in [-0.4, -0.2) is 42.5 Å². The summed E-state index contributed by atoms with van der Waals surface area (Å²) in [4.78, 5) is 0. The molecule has 0 saturated carbocycles. The van der Waals surface area contributed by atoms with E-state index >= 15 is 0 Å². The first-order valence-electron chi connectivity index (χ1n) is 7.20. The molecular weight excluding hydrogens is 246 g/mol. The van der Waals surface area contributed by atoms with Gasteiger partial charge in [0.15, 0.2) is 0 Å². The van der Waals surface area contributed by atoms with E-state index in [-0.39, 0.29) is 5.60 Å². The molecule has 2 atom stereocenters. The average molecular weight is 273 g/mol. The van der Waals surface area contributed by atoms with Crippen molar-refractivity contribution in [3.05, 3.63) is 0 Å². The summed E-state index contributed by atoms with van der Waals surface area (Å²) in [7, 11) is 0. The van der Waals surface area contributed by atoms with Crippen LogP contribution in [0.15, 0.2) is 0 Å². The lowest BCUT2D eigenvalue weighted by atomic mass is 9.78. The third kappa shape index (κ3) is 3.86. The minimum absolute atomic E-state index is 0.0846. The highest BCUT2D eigenvalue weighted by molar-refractivity contribution is 7.99. The van der Waals surface area contributed by atoms with Crippen LogP contribution in [0.4, 0.5) is 0 Å². The number of rotatable bonds is 4. The second-order valence-corrected chi connectivity index (χ2v) is 7.55. The zero-order valence-corrected chi connectivity index (χ0v) is 12.5. The van der Waals surface area contributed by atoms with Crippen LogP contribution in [0, 0.1) is 5.92 Å². The molecule has 0 radical (unpaired) electrons. The fourth-order valence-corrected chi connectivity index (χ4v) is 3.84. The maximum absolute atomic E-state index is 6.38. The molecule has 0 aromatic heterocycles. The van der Waals surface area contributed by atoms with Gasteiger partial charge < -0.3 is 15.2 Å². The lowest BCUT2D eigenvalue weighted by Crippen LogP contribution is -2.48. The summed E-state index contributed by atoms with van der Waals surface area (Å²) in [6.07, 6.45) is 4.36. The maximum Gasteiger partial charge on any atom is 0.0729 e.